The lowest BCUT2D eigenvalue weighted by molar-refractivity contribution is -0.141. The summed E-state index contributed by atoms with van der Waals surface area (Å²) >= 11 is 12.0. The number of carbonyl (C=O) groups is 1. The monoisotopic (exact) mass is 410 g/mol. The van der Waals surface area contributed by atoms with Crippen molar-refractivity contribution in [1.29, 1.82) is 0 Å². The molecule has 2 rings (SSSR count). The van der Waals surface area contributed by atoms with Crippen molar-refractivity contribution < 1.29 is 9.90 Å². The zero-order valence-electron chi connectivity index (χ0n) is 17.9. The third kappa shape index (κ3) is 3.44. The summed E-state index contributed by atoms with van der Waals surface area (Å²) in [7, 11) is 0. The molecule has 0 aromatic heterocycles. The number of aliphatic carboxylic acids is 1. The van der Waals surface area contributed by atoms with Crippen LogP contribution in [0.4, 0.5) is 0 Å². The van der Waals surface area contributed by atoms with E-state index in [1.807, 2.05) is 13.8 Å². The SMILES string of the molecule is Cc1cc(C(C)(C)C)c(C2(C(=O)O)C(C=C(Cl)Cl)C2(C)C)c(C(C)(C)C)c1. The molecule has 0 saturated heterocycles. The Labute approximate surface area is 174 Å². The van der Waals surface area contributed by atoms with Gasteiger partial charge in [-0.05, 0) is 45.9 Å². The Bertz CT molecular complexity index is 768. The van der Waals surface area contributed by atoms with Gasteiger partial charge < -0.3 is 5.11 Å². The van der Waals surface area contributed by atoms with Crippen LogP contribution in [0.1, 0.15) is 77.6 Å². The first-order chi connectivity index (χ1) is 12.0. The van der Waals surface area contributed by atoms with Gasteiger partial charge in [0, 0.05) is 5.92 Å². The van der Waals surface area contributed by atoms with Gasteiger partial charge in [0.1, 0.15) is 9.91 Å². The van der Waals surface area contributed by atoms with E-state index in [4.69, 9.17) is 23.2 Å². The number of carboxylic acid groups (broad SMARTS) is 1. The van der Waals surface area contributed by atoms with Gasteiger partial charge in [-0.15, -0.1) is 0 Å². The number of halogens is 2. The largest absolute Gasteiger partial charge is 0.481 e. The Hall–Kier alpha value is -0.990. The molecule has 150 valence electrons. The molecule has 1 N–H and O–H groups in total. The van der Waals surface area contributed by atoms with E-state index in [2.05, 4.69) is 60.6 Å². The van der Waals surface area contributed by atoms with Crippen LogP contribution in [0.2, 0.25) is 0 Å². The van der Waals surface area contributed by atoms with Gasteiger partial charge in [-0.3, -0.25) is 4.79 Å². The van der Waals surface area contributed by atoms with Crippen LogP contribution < -0.4 is 0 Å². The summed E-state index contributed by atoms with van der Waals surface area (Å²) < 4.78 is 0.123. The van der Waals surface area contributed by atoms with Crippen molar-refractivity contribution in [3.05, 3.63) is 45.0 Å². The van der Waals surface area contributed by atoms with Gasteiger partial charge in [0.15, 0.2) is 0 Å². The molecule has 4 heteroatoms. The highest BCUT2D eigenvalue weighted by molar-refractivity contribution is 6.55. The number of hydrogen-bond acceptors (Lipinski definition) is 1. The number of allylic oxidation sites excluding steroid dienone is 1. The first-order valence-electron chi connectivity index (χ1n) is 9.41. The van der Waals surface area contributed by atoms with Crippen molar-refractivity contribution in [2.45, 2.75) is 78.6 Å². The minimum Gasteiger partial charge on any atom is -0.481 e. The lowest BCUT2D eigenvalue weighted by atomic mass is 9.69. The Morgan fingerprint density at radius 3 is 1.74 bits per heavy atom. The molecule has 2 unspecified atom stereocenters. The topological polar surface area (TPSA) is 37.3 Å². The molecular weight excluding hydrogens is 379 g/mol. The summed E-state index contributed by atoms with van der Waals surface area (Å²) in [5, 5.41) is 10.5. The van der Waals surface area contributed by atoms with Gasteiger partial charge in [0.2, 0.25) is 0 Å². The highest BCUT2D eigenvalue weighted by atomic mass is 35.5. The van der Waals surface area contributed by atoms with Gasteiger partial charge in [0.05, 0.1) is 0 Å². The molecule has 0 bridgehead atoms. The second-order valence-electron chi connectivity index (χ2n) is 10.5. The van der Waals surface area contributed by atoms with Crippen molar-refractivity contribution in [2.24, 2.45) is 11.3 Å². The molecule has 1 fully saturated rings. The lowest BCUT2D eigenvalue weighted by Crippen LogP contribution is -2.34. The van der Waals surface area contributed by atoms with E-state index >= 15 is 0 Å². The van der Waals surface area contributed by atoms with Crippen molar-refractivity contribution >= 4 is 29.2 Å². The highest BCUT2D eigenvalue weighted by Gasteiger charge is 2.77. The minimum absolute atomic E-state index is 0.123. The van der Waals surface area contributed by atoms with E-state index in [0.29, 0.717) is 0 Å². The maximum atomic E-state index is 12.8. The summed E-state index contributed by atoms with van der Waals surface area (Å²) in [6.07, 6.45) is 1.70. The third-order valence-corrected chi connectivity index (χ3v) is 6.35. The van der Waals surface area contributed by atoms with Crippen LogP contribution >= 0.6 is 23.2 Å². The summed E-state index contributed by atoms with van der Waals surface area (Å²) in [5.41, 5.74) is 2.32. The number of aryl methyl sites for hydroxylation is 1. The molecular formula is C23H32Cl2O2. The van der Waals surface area contributed by atoms with Crippen molar-refractivity contribution in [3.8, 4) is 0 Å². The highest BCUT2D eigenvalue weighted by Crippen LogP contribution is 2.72. The number of benzene rings is 1. The van der Waals surface area contributed by atoms with E-state index < -0.39 is 16.8 Å². The fourth-order valence-corrected chi connectivity index (χ4v) is 4.90. The first kappa shape index (κ1) is 22.3. The van der Waals surface area contributed by atoms with Crippen LogP contribution in [0.3, 0.4) is 0 Å². The molecule has 0 aliphatic heterocycles. The molecule has 1 aromatic carbocycles. The van der Waals surface area contributed by atoms with E-state index in [-0.39, 0.29) is 21.2 Å². The smallest absolute Gasteiger partial charge is 0.315 e. The molecule has 1 aromatic rings. The van der Waals surface area contributed by atoms with Crippen molar-refractivity contribution in [3.63, 3.8) is 0 Å². The molecule has 0 radical (unpaired) electrons. The normalized spacial score (nSPS) is 24.5. The molecule has 1 saturated carbocycles. The van der Waals surface area contributed by atoms with E-state index in [1.54, 1.807) is 6.08 Å². The Balaban J connectivity index is 3.03. The van der Waals surface area contributed by atoms with Gasteiger partial charge in [0.25, 0.3) is 0 Å². The predicted molar refractivity (Wildman–Crippen MR) is 115 cm³/mol. The van der Waals surface area contributed by atoms with Crippen molar-refractivity contribution in [2.75, 3.05) is 0 Å². The zero-order valence-corrected chi connectivity index (χ0v) is 19.4. The van der Waals surface area contributed by atoms with Crippen LogP contribution in [0.15, 0.2) is 22.7 Å². The Kier molecular flexibility index (Phi) is 5.39. The molecule has 1 aliphatic rings. The van der Waals surface area contributed by atoms with E-state index in [1.165, 1.54) is 0 Å². The molecule has 2 atom stereocenters. The molecule has 0 heterocycles. The molecule has 27 heavy (non-hydrogen) atoms. The van der Waals surface area contributed by atoms with Gasteiger partial charge in [-0.1, -0.05) is 96.3 Å². The average Bonchev–Trinajstić information content (AvgIpc) is 2.91. The summed E-state index contributed by atoms with van der Waals surface area (Å²) in [4.78, 5) is 12.8. The standard InChI is InChI=1S/C23H32Cl2O2/c1-13-10-14(20(2,3)4)18(15(11-13)21(5,6)7)23(19(26)27)16(12-17(24)25)22(23,8)9/h10-12,16H,1-9H3,(H,26,27). The fraction of sp³-hybridized carbons (Fsp3) is 0.609. The first-order valence-corrected chi connectivity index (χ1v) is 10.2. The van der Waals surface area contributed by atoms with Crippen LogP contribution in [0, 0.1) is 18.3 Å². The van der Waals surface area contributed by atoms with E-state index in [9.17, 15) is 9.90 Å². The van der Waals surface area contributed by atoms with Crippen LogP contribution in [0.25, 0.3) is 0 Å². The van der Waals surface area contributed by atoms with Gasteiger partial charge >= 0.3 is 5.97 Å². The maximum Gasteiger partial charge on any atom is 0.315 e. The number of rotatable bonds is 3. The van der Waals surface area contributed by atoms with Crippen LogP contribution in [-0.2, 0) is 21.0 Å². The third-order valence-electron chi connectivity index (χ3n) is 6.10. The summed E-state index contributed by atoms with van der Waals surface area (Å²) in [6.45, 7) is 18.9. The van der Waals surface area contributed by atoms with Gasteiger partial charge in [-0.2, -0.15) is 0 Å². The Morgan fingerprint density at radius 2 is 1.44 bits per heavy atom. The number of hydrogen-bond donors (Lipinski definition) is 1. The fourth-order valence-electron chi connectivity index (χ4n) is 4.65. The average molecular weight is 411 g/mol. The zero-order chi connectivity index (χ0) is 21.2. The number of carboxylic acids is 1. The lowest BCUT2D eigenvalue weighted by Gasteiger charge is -2.35. The predicted octanol–water partition coefficient (Wildman–Crippen LogP) is 6.89. The quantitative estimate of drug-likeness (QED) is 0.588. The second kappa shape index (κ2) is 6.52. The van der Waals surface area contributed by atoms with Crippen molar-refractivity contribution in [1.82, 2.24) is 0 Å². The van der Waals surface area contributed by atoms with Gasteiger partial charge in [-0.25, -0.2) is 0 Å². The molecule has 0 amide bonds. The molecule has 1 aliphatic carbocycles. The van der Waals surface area contributed by atoms with Crippen LogP contribution in [-0.4, -0.2) is 11.1 Å². The Morgan fingerprint density at radius 1 is 1.04 bits per heavy atom. The summed E-state index contributed by atoms with van der Waals surface area (Å²) in [6, 6.07) is 4.29. The molecule has 0 spiro atoms. The van der Waals surface area contributed by atoms with E-state index in [0.717, 1.165) is 22.3 Å². The maximum absolute atomic E-state index is 12.8. The van der Waals surface area contributed by atoms with Crippen LogP contribution in [0.5, 0.6) is 0 Å². The summed E-state index contributed by atoms with van der Waals surface area (Å²) in [5.74, 6) is -1.08. The molecule has 2 nitrogen and oxygen atoms in total. The minimum atomic E-state index is -1.05. The second-order valence-corrected chi connectivity index (χ2v) is 11.5.